The molecule has 4 rings (SSSR count). The zero-order chi connectivity index (χ0) is 22.0. The van der Waals surface area contributed by atoms with Crippen molar-refractivity contribution in [3.8, 4) is 0 Å². The topological polar surface area (TPSA) is 110 Å². The summed E-state index contributed by atoms with van der Waals surface area (Å²) in [6, 6.07) is 9.62. The third-order valence-corrected chi connectivity index (χ3v) is 6.75. The van der Waals surface area contributed by atoms with Gasteiger partial charge in [0.15, 0.2) is 0 Å². The van der Waals surface area contributed by atoms with Gasteiger partial charge in [0, 0.05) is 56.7 Å². The van der Waals surface area contributed by atoms with E-state index in [4.69, 9.17) is 0 Å². The molecule has 0 aromatic heterocycles. The van der Waals surface area contributed by atoms with Crippen molar-refractivity contribution in [1.29, 1.82) is 0 Å². The van der Waals surface area contributed by atoms with Crippen LogP contribution in [0.2, 0.25) is 0 Å². The molecule has 0 radical (unpaired) electrons. The molecule has 0 bridgehead atoms. The number of piperazine rings is 1. The number of benzene rings is 1. The Morgan fingerprint density at radius 2 is 1.55 bits per heavy atom. The van der Waals surface area contributed by atoms with Gasteiger partial charge in [-0.2, -0.15) is 0 Å². The van der Waals surface area contributed by atoms with Crippen molar-refractivity contribution in [2.75, 3.05) is 31.1 Å². The van der Waals surface area contributed by atoms with E-state index in [1.807, 2.05) is 30.3 Å². The van der Waals surface area contributed by atoms with E-state index in [-0.39, 0.29) is 37.0 Å². The second kappa shape index (κ2) is 9.05. The zero-order valence-corrected chi connectivity index (χ0v) is 17.4. The summed E-state index contributed by atoms with van der Waals surface area (Å²) in [5.41, 5.74) is 2.80. The predicted molar refractivity (Wildman–Crippen MR) is 111 cm³/mol. The number of imide groups is 1. The van der Waals surface area contributed by atoms with Gasteiger partial charge in [-0.3, -0.25) is 29.3 Å². The standard InChI is InChI=1S/C22H28N4O5/c27-19-8-9-20(28)26(19)16-6-7-17(18(14-16)21(29)23-31)22(30)25-12-10-24(11-13-25)15-4-2-1-3-5-15/h1-5,16-18,31H,6-14H2,(H,23,29)/t16-,17+,18+/m1/s1. The SMILES string of the molecule is O=C(NO)[C@H]1C[C@H](N2C(=O)CCC2=O)CC[C@@H]1C(=O)N1CCN(c2ccccc2)CC1. The molecule has 4 amide bonds. The number of nitrogens with one attached hydrogen (secondary N) is 1. The maximum atomic E-state index is 13.3. The molecular formula is C22H28N4O5. The molecule has 9 nitrogen and oxygen atoms in total. The Kier molecular flexibility index (Phi) is 6.22. The number of anilines is 1. The fraction of sp³-hybridized carbons (Fsp3) is 0.545. The third kappa shape index (κ3) is 4.27. The fourth-order valence-corrected chi connectivity index (χ4v) is 5.11. The molecule has 0 spiro atoms. The second-order valence-electron chi connectivity index (χ2n) is 8.46. The van der Waals surface area contributed by atoms with Crippen molar-refractivity contribution >= 4 is 29.3 Å². The van der Waals surface area contributed by atoms with E-state index in [1.165, 1.54) is 4.90 Å². The zero-order valence-electron chi connectivity index (χ0n) is 17.4. The van der Waals surface area contributed by atoms with Crippen LogP contribution in [0.25, 0.3) is 0 Å². The first-order chi connectivity index (χ1) is 15.0. The van der Waals surface area contributed by atoms with E-state index in [0.29, 0.717) is 39.0 Å². The van der Waals surface area contributed by atoms with Crippen molar-refractivity contribution < 1.29 is 24.4 Å². The maximum absolute atomic E-state index is 13.3. The first kappa shape index (κ1) is 21.3. The number of nitrogens with zero attached hydrogens (tertiary/aromatic N) is 3. The van der Waals surface area contributed by atoms with Crippen LogP contribution in [0.3, 0.4) is 0 Å². The summed E-state index contributed by atoms with van der Waals surface area (Å²) in [4.78, 5) is 55.2. The predicted octanol–water partition coefficient (Wildman–Crippen LogP) is 0.774. The van der Waals surface area contributed by atoms with E-state index in [1.54, 1.807) is 10.4 Å². The first-order valence-corrected chi connectivity index (χ1v) is 10.9. The average molecular weight is 428 g/mol. The second-order valence-corrected chi connectivity index (χ2v) is 8.46. The molecule has 0 unspecified atom stereocenters. The van der Waals surface area contributed by atoms with Crippen LogP contribution in [-0.2, 0) is 19.2 Å². The Bertz CT molecular complexity index is 837. The summed E-state index contributed by atoms with van der Waals surface area (Å²) in [7, 11) is 0. The van der Waals surface area contributed by atoms with E-state index < -0.39 is 23.8 Å². The van der Waals surface area contributed by atoms with Crippen LogP contribution in [0, 0.1) is 11.8 Å². The summed E-state index contributed by atoms with van der Waals surface area (Å²) in [6.07, 6.45) is 1.48. The van der Waals surface area contributed by atoms with Gasteiger partial charge < -0.3 is 9.80 Å². The average Bonchev–Trinajstić information content (AvgIpc) is 3.16. The van der Waals surface area contributed by atoms with Crippen molar-refractivity contribution in [2.24, 2.45) is 11.8 Å². The van der Waals surface area contributed by atoms with E-state index >= 15 is 0 Å². The largest absolute Gasteiger partial charge is 0.368 e. The highest BCUT2D eigenvalue weighted by atomic mass is 16.5. The number of carbonyl (C=O) groups is 4. The van der Waals surface area contributed by atoms with Gasteiger partial charge in [-0.05, 0) is 31.4 Å². The number of hydroxylamine groups is 1. The summed E-state index contributed by atoms with van der Waals surface area (Å²) >= 11 is 0. The third-order valence-electron chi connectivity index (χ3n) is 6.75. The molecule has 9 heteroatoms. The highest BCUT2D eigenvalue weighted by molar-refractivity contribution is 6.02. The van der Waals surface area contributed by atoms with Gasteiger partial charge in [0.05, 0.1) is 5.92 Å². The lowest BCUT2D eigenvalue weighted by molar-refractivity contribution is -0.151. The number of likely N-dealkylation sites (tertiary alicyclic amines) is 1. The lowest BCUT2D eigenvalue weighted by atomic mass is 9.75. The highest BCUT2D eigenvalue weighted by Gasteiger charge is 2.45. The normalized spacial score (nSPS) is 26.9. The van der Waals surface area contributed by atoms with Gasteiger partial charge in [0.25, 0.3) is 0 Å². The monoisotopic (exact) mass is 428 g/mol. The van der Waals surface area contributed by atoms with E-state index in [9.17, 15) is 24.4 Å². The van der Waals surface area contributed by atoms with Crippen LogP contribution in [0.15, 0.2) is 30.3 Å². The molecule has 2 aliphatic heterocycles. The van der Waals surface area contributed by atoms with Crippen molar-refractivity contribution in [3.05, 3.63) is 30.3 Å². The minimum Gasteiger partial charge on any atom is -0.368 e. The van der Waals surface area contributed by atoms with Crippen LogP contribution in [0.5, 0.6) is 0 Å². The Hall–Kier alpha value is -2.94. The molecule has 166 valence electrons. The highest BCUT2D eigenvalue weighted by Crippen LogP contribution is 2.36. The quantitative estimate of drug-likeness (QED) is 0.417. The Morgan fingerprint density at radius 1 is 0.903 bits per heavy atom. The van der Waals surface area contributed by atoms with Crippen LogP contribution in [0.4, 0.5) is 5.69 Å². The molecule has 3 fully saturated rings. The number of amides is 4. The summed E-state index contributed by atoms with van der Waals surface area (Å²) in [6.45, 7) is 2.53. The molecule has 1 aromatic carbocycles. The minimum atomic E-state index is -0.774. The van der Waals surface area contributed by atoms with Gasteiger partial charge in [-0.1, -0.05) is 18.2 Å². The molecule has 3 atom stereocenters. The molecule has 1 saturated carbocycles. The van der Waals surface area contributed by atoms with Gasteiger partial charge in [0.1, 0.15) is 0 Å². The van der Waals surface area contributed by atoms with Crippen molar-refractivity contribution in [2.45, 2.75) is 38.1 Å². The number of para-hydroxylation sites is 1. The van der Waals surface area contributed by atoms with Crippen molar-refractivity contribution in [3.63, 3.8) is 0 Å². The first-order valence-electron chi connectivity index (χ1n) is 10.9. The van der Waals surface area contributed by atoms with Gasteiger partial charge >= 0.3 is 0 Å². The lowest BCUT2D eigenvalue weighted by Crippen LogP contribution is -2.54. The van der Waals surface area contributed by atoms with Gasteiger partial charge in [0.2, 0.25) is 23.6 Å². The summed E-state index contributed by atoms with van der Waals surface area (Å²) in [5.74, 6) is -2.52. The maximum Gasteiger partial charge on any atom is 0.247 e. The molecule has 1 aromatic rings. The number of hydrogen-bond donors (Lipinski definition) is 2. The molecule has 2 heterocycles. The lowest BCUT2D eigenvalue weighted by Gasteiger charge is -2.41. The molecule has 2 saturated heterocycles. The van der Waals surface area contributed by atoms with Crippen molar-refractivity contribution in [1.82, 2.24) is 15.3 Å². The molecule has 1 aliphatic carbocycles. The smallest absolute Gasteiger partial charge is 0.247 e. The molecule has 2 N–H and O–H groups in total. The number of rotatable bonds is 4. The Labute approximate surface area is 180 Å². The Balaban J connectivity index is 1.42. The Morgan fingerprint density at radius 3 is 2.16 bits per heavy atom. The molecule has 31 heavy (non-hydrogen) atoms. The molecular weight excluding hydrogens is 400 g/mol. The van der Waals surface area contributed by atoms with Crippen LogP contribution >= 0.6 is 0 Å². The minimum absolute atomic E-state index is 0.0983. The number of carbonyl (C=O) groups excluding carboxylic acids is 4. The van der Waals surface area contributed by atoms with E-state index in [2.05, 4.69) is 4.90 Å². The van der Waals surface area contributed by atoms with Gasteiger partial charge in [-0.15, -0.1) is 0 Å². The van der Waals surface area contributed by atoms with Crippen LogP contribution in [0.1, 0.15) is 32.1 Å². The molecule has 3 aliphatic rings. The summed E-state index contributed by atoms with van der Waals surface area (Å²) in [5, 5.41) is 9.23. The van der Waals surface area contributed by atoms with Crippen LogP contribution < -0.4 is 10.4 Å². The fourth-order valence-electron chi connectivity index (χ4n) is 5.11. The number of hydrogen-bond acceptors (Lipinski definition) is 6. The van der Waals surface area contributed by atoms with E-state index in [0.717, 1.165) is 5.69 Å². The summed E-state index contributed by atoms with van der Waals surface area (Å²) < 4.78 is 0. The van der Waals surface area contributed by atoms with Crippen LogP contribution in [-0.4, -0.2) is 70.9 Å². The van der Waals surface area contributed by atoms with Gasteiger partial charge in [-0.25, -0.2) is 5.48 Å².